The quantitative estimate of drug-likeness (QED) is 0.252. The number of methoxy groups -OCH3 is 1. The SMILES string of the molecule is C=C(C)C(=O)OCCCC(=O)OCCCCCC(=O)OC. The van der Waals surface area contributed by atoms with Gasteiger partial charge in [-0.2, -0.15) is 0 Å². The van der Waals surface area contributed by atoms with E-state index in [1.807, 2.05) is 0 Å². The van der Waals surface area contributed by atoms with E-state index >= 15 is 0 Å². The third kappa shape index (κ3) is 11.7. The van der Waals surface area contributed by atoms with Gasteiger partial charge in [-0.15, -0.1) is 0 Å². The van der Waals surface area contributed by atoms with Crippen molar-refractivity contribution in [2.75, 3.05) is 20.3 Å². The van der Waals surface area contributed by atoms with Crippen molar-refractivity contribution >= 4 is 17.9 Å². The van der Waals surface area contributed by atoms with Gasteiger partial charge in [0.15, 0.2) is 0 Å². The summed E-state index contributed by atoms with van der Waals surface area (Å²) in [4.78, 5) is 33.3. The normalized spacial score (nSPS) is 9.81. The smallest absolute Gasteiger partial charge is 0.333 e. The summed E-state index contributed by atoms with van der Waals surface area (Å²) in [7, 11) is 1.36. The molecule has 0 aliphatic rings. The molecule has 0 spiro atoms. The van der Waals surface area contributed by atoms with Crippen molar-refractivity contribution < 1.29 is 28.6 Å². The van der Waals surface area contributed by atoms with Crippen molar-refractivity contribution in [2.45, 2.75) is 45.4 Å². The molecule has 21 heavy (non-hydrogen) atoms. The Kier molecular flexibility index (Phi) is 10.9. The van der Waals surface area contributed by atoms with Crippen molar-refractivity contribution in [2.24, 2.45) is 0 Å². The first-order chi connectivity index (χ1) is 9.97. The Bertz CT molecular complexity index is 361. The van der Waals surface area contributed by atoms with E-state index in [-0.39, 0.29) is 25.0 Å². The maximum absolute atomic E-state index is 11.4. The lowest BCUT2D eigenvalue weighted by molar-refractivity contribution is -0.146. The summed E-state index contributed by atoms with van der Waals surface area (Å²) >= 11 is 0. The summed E-state index contributed by atoms with van der Waals surface area (Å²) in [6.45, 7) is 5.54. The minimum Gasteiger partial charge on any atom is -0.469 e. The van der Waals surface area contributed by atoms with Crippen LogP contribution in [0.2, 0.25) is 0 Å². The lowest BCUT2D eigenvalue weighted by atomic mass is 10.2. The van der Waals surface area contributed by atoms with E-state index < -0.39 is 5.97 Å². The van der Waals surface area contributed by atoms with Gasteiger partial charge in [-0.05, 0) is 32.6 Å². The number of rotatable bonds is 11. The molecule has 0 unspecified atom stereocenters. The monoisotopic (exact) mass is 300 g/mol. The number of ether oxygens (including phenoxy) is 3. The van der Waals surface area contributed by atoms with Gasteiger partial charge in [0, 0.05) is 18.4 Å². The van der Waals surface area contributed by atoms with Crippen LogP contribution in [-0.4, -0.2) is 38.2 Å². The number of carbonyl (C=O) groups is 3. The molecular formula is C15H24O6. The first kappa shape index (κ1) is 19.1. The van der Waals surface area contributed by atoms with Crippen LogP contribution in [0.25, 0.3) is 0 Å². The van der Waals surface area contributed by atoms with Crippen LogP contribution in [0.4, 0.5) is 0 Å². The molecule has 0 aliphatic carbocycles. The molecule has 0 aliphatic heterocycles. The molecule has 0 heterocycles. The molecule has 6 heteroatoms. The molecule has 0 N–H and O–H groups in total. The maximum Gasteiger partial charge on any atom is 0.333 e. The number of unbranched alkanes of at least 4 members (excludes halogenated alkanes) is 2. The summed E-state index contributed by atoms with van der Waals surface area (Å²) in [5.74, 6) is -0.986. The van der Waals surface area contributed by atoms with Crippen LogP contribution in [0.1, 0.15) is 45.4 Å². The molecule has 120 valence electrons. The molecule has 0 amide bonds. The summed E-state index contributed by atoms with van der Waals surface area (Å²) in [6, 6.07) is 0. The molecule has 0 bridgehead atoms. The highest BCUT2D eigenvalue weighted by Crippen LogP contribution is 2.03. The van der Waals surface area contributed by atoms with Gasteiger partial charge >= 0.3 is 17.9 Å². The third-order valence-corrected chi connectivity index (χ3v) is 2.62. The van der Waals surface area contributed by atoms with Gasteiger partial charge < -0.3 is 14.2 Å². The Labute approximate surface area is 125 Å². The zero-order valence-corrected chi connectivity index (χ0v) is 12.8. The predicted octanol–water partition coefficient (Wildman–Crippen LogP) is 2.16. The van der Waals surface area contributed by atoms with Crippen LogP contribution in [-0.2, 0) is 28.6 Å². The fourth-order valence-corrected chi connectivity index (χ4v) is 1.41. The number of hydrogen-bond donors (Lipinski definition) is 0. The van der Waals surface area contributed by atoms with E-state index in [4.69, 9.17) is 9.47 Å². The van der Waals surface area contributed by atoms with E-state index in [1.165, 1.54) is 7.11 Å². The summed E-state index contributed by atoms with van der Waals surface area (Å²) in [5, 5.41) is 0. The number of hydrogen-bond acceptors (Lipinski definition) is 6. The average Bonchev–Trinajstić information content (AvgIpc) is 2.46. The summed E-state index contributed by atoms with van der Waals surface area (Å²) < 4.78 is 14.4. The summed E-state index contributed by atoms with van der Waals surface area (Å²) in [5.41, 5.74) is 0.338. The molecule has 0 atom stereocenters. The zero-order valence-electron chi connectivity index (χ0n) is 12.8. The molecule has 0 rings (SSSR count). The van der Waals surface area contributed by atoms with Crippen molar-refractivity contribution in [3.05, 3.63) is 12.2 Å². The zero-order chi connectivity index (χ0) is 16.1. The molecule has 0 aromatic rings. The van der Waals surface area contributed by atoms with Crippen LogP contribution < -0.4 is 0 Å². The molecule has 0 aromatic carbocycles. The third-order valence-electron chi connectivity index (χ3n) is 2.62. The Morgan fingerprint density at radius 3 is 2.10 bits per heavy atom. The number of carbonyl (C=O) groups excluding carboxylic acids is 3. The Balaban J connectivity index is 3.41. The van der Waals surface area contributed by atoms with Crippen molar-refractivity contribution in [3.63, 3.8) is 0 Å². The second-order valence-corrected chi connectivity index (χ2v) is 4.63. The Morgan fingerprint density at radius 2 is 1.48 bits per heavy atom. The average molecular weight is 300 g/mol. The Morgan fingerprint density at radius 1 is 0.857 bits per heavy atom. The Hall–Kier alpha value is -1.85. The van der Waals surface area contributed by atoms with Gasteiger partial charge in [0.1, 0.15) is 0 Å². The predicted molar refractivity (Wildman–Crippen MR) is 76.5 cm³/mol. The second kappa shape index (κ2) is 11.9. The molecule has 0 saturated carbocycles. The minimum atomic E-state index is -0.450. The molecule has 0 fully saturated rings. The molecule has 0 radical (unpaired) electrons. The fourth-order valence-electron chi connectivity index (χ4n) is 1.41. The number of esters is 3. The standard InChI is InChI=1S/C15H24O6/c1-12(2)15(18)21-11-7-9-14(17)20-10-6-4-5-8-13(16)19-3/h1,4-11H2,2-3H3. The van der Waals surface area contributed by atoms with Gasteiger partial charge in [0.25, 0.3) is 0 Å². The van der Waals surface area contributed by atoms with E-state index in [0.29, 0.717) is 31.4 Å². The van der Waals surface area contributed by atoms with E-state index in [2.05, 4.69) is 11.3 Å². The van der Waals surface area contributed by atoms with E-state index in [9.17, 15) is 14.4 Å². The van der Waals surface area contributed by atoms with Gasteiger partial charge in [-0.1, -0.05) is 6.58 Å². The van der Waals surface area contributed by atoms with Gasteiger partial charge in [-0.3, -0.25) is 9.59 Å². The topological polar surface area (TPSA) is 78.9 Å². The van der Waals surface area contributed by atoms with Crippen LogP contribution >= 0.6 is 0 Å². The lowest BCUT2D eigenvalue weighted by Crippen LogP contribution is -2.10. The van der Waals surface area contributed by atoms with Crippen LogP contribution in [0, 0.1) is 0 Å². The van der Waals surface area contributed by atoms with Crippen molar-refractivity contribution in [1.82, 2.24) is 0 Å². The maximum atomic E-state index is 11.4. The van der Waals surface area contributed by atoms with Crippen LogP contribution in [0.15, 0.2) is 12.2 Å². The second-order valence-electron chi connectivity index (χ2n) is 4.63. The first-order valence-corrected chi connectivity index (χ1v) is 7.02. The summed E-state index contributed by atoms with van der Waals surface area (Å²) in [6.07, 6.45) is 3.28. The highest BCUT2D eigenvalue weighted by molar-refractivity contribution is 5.86. The molecule has 0 aromatic heterocycles. The fraction of sp³-hybridized carbons (Fsp3) is 0.667. The molecule has 0 saturated heterocycles. The minimum absolute atomic E-state index is 0.180. The van der Waals surface area contributed by atoms with Gasteiger partial charge in [0.2, 0.25) is 0 Å². The van der Waals surface area contributed by atoms with Gasteiger partial charge in [0.05, 0.1) is 20.3 Å². The molecular weight excluding hydrogens is 276 g/mol. The van der Waals surface area contributed by atoms with Crippen molar-refractivity contribution in [3.8, 4) is 0 Å². The first-order valence-electron chi connectivity index (χ1n) is 7.02. The lowest BCUT2D eigenvalue weighted by Gasteiger charge is -2.06. The van der Waals surface area contributed by atoms with Crippen LogP contribution in [0.3, 0.4) is 0 Å². The van der Waals surface area contributed by atoms with Crippen molar-refractivity contribution in [1.29, 1.82) is 0 Å². The van der Waals surface area contributed by atoms with Gasteiger partial charge in [-0.25, -0.2) is 4.79 Å². The highest BCUT2D eigenvalue weighted by Gasteiger charge is 2.06. The van der Waals surface area contributed by atoms with E-state index in [1.54, 1.807) is 6.92 Å². The van der Waals surface area contributed by atoms with Crippen LogP contribution in [0.5, 0.6) is 0 Å². The largest absolute Gasteiger partial charge is 0.469 e. The highest BCUT2D eigenvalue weighted by atomic mass is 16.5. The molecule has 6 nitrogen and oxygen atoms in total. The van der Waals surface area contributed by atoms with E-state index in [0.717, 1.165) is 12.8 Å².